The van der Waals surface area contributed by atoms with Gasteiger partial charge < -0.3 is 9.80 Å². The van der Waals surface area contributed by atoms with E-state index in [0.717, 1.165) is 53.3 Å². The van der Waals surface area contributed by atoms with Crippen LogP contribution in [-0.4, -0.2) is 57.2 Å². The average molecular weight is 362 g/mol. The van der Waals surface area contributed by atoms with Crippen LogP contribution in [0.1, 0.15) is 18.2 Å². The van der Waals surface area contributed by atoms with Crippen LogP contribution in [0.4, 0.5) is 5.82 Å². The van der Waals surface area contributed by atoms with Crippen LogP contribution in [0.3, 0.4) is 0 Å². The van der Waals surface area contributed by atoms with Gasteiger partial charge in [-0.3, -0.25) is 4.98 Å². The first-order valence-corrected chi connectivity index (χ1v) is 9.88. The molecule has 6 heteroatoms. The van der Waals surface area contributed by atoms with Crippen LogP contribution in [0.2, 0.25) is 0 Å². The molecule has 0 spiro atoms. The fourth-order valence-electron chi connectivity index (χ4n) is 4.84. The lowest BCUT2D eigenvalue weighted by Gasteiger charge is -2.23. The third kappa shape index (κ3) is 2.70. The Hall–Kier alpha value is -2.47. The minimum Gasteiger partial charge on any atom is -0.354 e. The van der Waals surface area contributed by atoms with Crippen LogP contribution in [0, 0.1) is 25.7 Å². The van der Waals surface area contributed by atoms with Crippen LogP contribution in [0.15, 0.2) is 30.6 Å². The first kappa shape index (κ1) is 16.7. The summed E-state index contributed by atoms with van der Waals surface area (Å²) in [6, 6.07) is 6.22. The Morgan fingerprint density at radius 3 is 2.41 bits per heavy atom. The molecule has 2 aliphatic rings. The zero-order valence-corrected chi connectivity index (χ0v) is 16.3. The van der Waals surface area contributed by atoms with Crippen molar-refractivity contribution in [2.24, 2.45) is 11.8 Å². The topological polar surface area (TPSA) is 49.6 Å². The largest absolute Gasteiger partial charge is 0.354 e. The van der Waals surface area contributed by atoms with Gasteiger partial charge in [-0.05, 0) is 56.0 Å². The Kier molecular flexibility index (Phi) is 3.90. The first-order chi connectivity index (χ1) is 13.1. The van der Waals surface area contributed by atoms with E-state index < -0.39 is 0 Å². The molecule has 140 valence electrons. The van der Waals surface area contributed by atoms with E-state index in [1.807, 2.05) is 29.0 Å². The zero-order chi connectivity index (χ0) is 18.5. The van der Waals surface area contributed by atoms with Gasteiger partial charge in [0.05, 0.1) is 11.4 Å². The number of rotatable bonds is 3. The third-order valence-electron chi connectivity index (χ3n) is 6.21. The maximum absolute atomic E-state index is 5.07. The van der Waals surface area contributed by atoms with Crippen LogP contribution in [-0.2, 0) is 0 Å². The minimum atomic E-state index is 0.769. The molecule has 3 aromatic heterocycles. The molecular formula is C21H26N6. The highest BCUT2D eigenvalue weighted by Gasteiger charge is 2.40. The Balaban J connectivity index is 1.54. The molecule has 27 heavy (non-hydrogen) atoms. The lowest BCUT2D eigenvalue weighted by molar-refractivity contribution is 0.334. The van der Waals surface area contributed by atoms with E-state index >= 15 is 0 Å². The summed E-state index contributed by atoms with van der Waals surface area (Å²) in [6.07, 6.45) is 3.65. The van der Waals surface area contributed by atoms with Crippen molar-refractivity contribution in [2.45, 2.75) is 20.8 Å². The second-order valence-electron chi connectivity index (χ2n) is 7.98. The number of likely N-dealkylation sites (tertiary alicyclic amines) is 1. The second-order valence-corrected chi connectivity index (χ2v) is 7.98. The lowest BCUT2D eigenvalue weighted by Crippen LogP contribution is -2.29. The highest BCUT2D eigenvalue weighted by atomic mass is 15.4. The van der Waals surface area contributed by atoms with E-state index in [2.05, 4.69) is 41.6 Å². The van der Waals surface area contributed by atoms with Gasteiger partial charge in [0.1, 0.15) is 0 Å². The summed E-state index contributed by atoms with van der Waals surface area (Å²) in [6.45, 7) is 12.3. The van der Waals surface area contributed by atoms with Crippen molar-refractivity contribution < 1.29 is 0 Å². The van der Waals surface area contributed by atoms with Gasteiger partial charge in [-0.15, -0.1) is 5.10 Å². The van der Waals surface area contributed by atoms with Crippen molar-refractivity contribution >= 4 is 11.5 Å². The van der Waals surface area contributed by atoms with Crippen LogP contribution < -0.4 is 4.90 Å². The molecule has 2 unspecified atom stereocenters. The first-order valence-electron chi connectivity index (χ1n) is 9.88. The molecule has 0 saturated carbocycles. The molecule has 2 aliphatic heterocycles. The fraction of sp³-hybridized carbons (Fsp3) is 0.476. The molecule has 5 heterocycles. The quantitative estimate of drug-likeness (QED) is 0.717. The molecule has 0 radical (unpaired) electrons. The maximum atomic E-state index is 5.07. The summed E-state index contributed by atoms with van der Waals surface area (Å²) in [4.78, 5) is 14.0. The van der Waals surface area contributed by atoms with Gasteiger partial charge in [-0.25, -0.2) is 9.50 Å². The Labute approximate surface area is 159 Å². The SMILES string of the molecule is CCN1CC2CN(c3nn4c(-c5ccncc5)c(C)nc4cc3C)CC2C1. The van der Waals surface area contributed by atoms with Gasteiger partial charge in [0.15, 0.2) is 11.5 Å². The van der Waals surface area contributed by atoms with E-state index in [1.54, 1.807) is 0 Å². The highest BCUT2D eigenvalue weighted by Crippen LogP contribution is 2.35. The number of imidazole rings is 1. The minimum absolute atomic E-state index is 0.769. The highest BCUT2D eigenvalue weighted by molar-refractivity contribution is 5.67. The van der Waals surface area contributed by atoms with Gasteiger partial charge in [0.25, 0.3) is 0 Å². The standard InChI is InChI=1S/C21H26N6/c1-4-25-10-17-12-26(13-18(17)11-25)21-14(2)9-19-23-15(3)20(27(19)24-21)16-5-7-22-8-6-16/h5-9,17-18H,4,10-13H2,1-3H3. The number of hydrogen-bond donors (Lipinski definition) is 0. The summed E-state index contributed by atoms with van der Waals surface area (Å²) in [7, 11) is 0. The molecular weight excluding hydrogens is 336 g/mol. The summed E-state index contributed by atoms with van der Waals surface area (Å²) < 4.78 is 2.01. The molecule has 2 atom stereocenters. The predicted octanol–water partition coefficient (Wildman–Crippen LogP) is 2.80. The number of anilines is 1. The molecule has 0 bridgehead atoms. The van der Waals surface area contributed by atoms with E-state index in [0.29, 0.717) is 0 Å². The number of pyridine rings is 1. The van der Waals surface area contributed by atoms with E-state index in [9.17, 15) is 0 Å². The Morgan fingerprint density at radius 1 is 1.04 bits per heavy atom. The summed E-state index contributed by atoms with van der Waals surface area (Å²) in [5, 5.41) is 5.07. The molecule has 0 N–H and O–H groups in total. The number of nitrogens with zero attached hydrogens (tertiary/aromatic N) is 6. The zero-order valence-electron chi connectivity index (χ0n) is 16.3. The number of fused-ring (bicyclic) bond motifs is 2. The molecule has 3 aromatic rings. The average Bonchev–Trinajstić information content (AvgIpc) is 3.31. The number of aryl methyl sites for hydroxylation is 2. The summed E-state index contributed by atoms with van der Waals surface area (Å²) in [5.74, 6) is 2.64. The van der Waals surface area contributed by atoms with Crippen molar-refractivity contribution in [3.63, 3.8) is 0 Å². The molecule has 0 aromatic carbocycles. The fourth-order valence-corrected chi connectivity index (χ4v) is 4.84. The number of hydrogen-bond acceptors (Lipinski definition) is 5. The third-order valence-corrected chi connectivity index (χ3v) is 6.21. The van der Waals surface area contributed by atoms with Crippen LogP contribution >= 0.6 is 0 Å². The lowest BCUT2D eigenvalue weighted by atomic mass is 10.0. The van der Waals surface area contributed by atoms with Crippen molar-refractivity contribution in [2.75, 3.05) is 37.6 Å². The van der Waals surface area contributed by atoms with Crippen molar-refractivity contribution in [3.8, 4) is 11.3 Å². The molecule has 0 amide bonds. The van der Waals surface area contributed by atoms with Crippen molar-refractivity contribution in [1.82, 2.24) is 24.5 Å². The molecule has 0 aliphatic carbocycles. The molecule has 2 fully saturated rings. The Bertz CT molecular complexity index is 965. The van der Waals surface area contributed by atoms with E-state index in [-0.39, 0.29) is 0 Å². The second kappa shape index (κ2) is 6.30. The summed E-state index contributed by atoms with van der Waals surface area (Å²) >= 11 is 0. The van der Waals surface area contributed by atoms with Gasteiger partial charge >= 0.3 is 0 Å². The smallest absolute Gasteiger partial charge is 0.154 e. The van der Waals surface area contributed by atoms with Crippen LogP contribution in [0.5, 0.6) is 0 Å². The van der Waals surface area contributed by atoms with Crippen molar-refractivity contribution in [1.29, 1.82) is 0 Å². The molecule has 6 nitrogen and oxygen atoms in total. The monoisotopic (exact) mass is 362 g/mol. The number of aromatic nitrogens is 4. The predicted molar refractivity (Wildman–Crippen MR) is 107 cm³/mol. The normalized spacial score (nSPS) is 22.7. The van der Waals surface area contributed by atoms with Gasteiger partial charge in [0, 0.05) is 44.1 Å². The Morgan fingerprint density at radius 2 is 1.74 bits per heavy atom. The van der Waals surface area contributed by atoms with Crippen molar-refractivity contribution in [3.05, 3.63) is 41.9 Å². The van der Waals surface area contributed by atoms with Gasteiger partial charge in [-0.2, -0.15) is 0 Å². The van der Waals surface area contributed by atoms with Gasteiger partial charge in [-0.1, -0.05) is 6.92 Å². The molecule has 2 saturated heterocycles. The van der Waals surface area contributed by atoms with Crippen LogP contribution in [0.25, 0.3) is 16.9 Å². The summed E-state index contributed by atoms with van der Waals surface area (Å²) in [5.41, 5.74) is 5.29. The van der Waals surface area contributed by atoms with E-state index in [1.165, 1.54) is 25.2 Å². The van der Waals surface area contributed by atoms with Gasteiger partial charge in [0.2, 0.25) is 0 Å². The molecule has 5 rings (SSSR count). The van der Waals surface area contributed by atoms with E-state index in [4.69, 9.17) is 10.1 Å². The maximum Gasteiger partial charge on any atom is 0.154 e.